The summed E-state index contributed by atoms with van der Waals surface area (Å²) in [5.74, 6) is 0.564. The lowest BCUT2D eigenvalue weighted by Gasteiger charge is -2.08. The summed E-state index contributed by atoms with van der Waals surface area (Å²) in [6, 6.07) is 17.4. The molecule has 0 radical (unpaired) electrons. The Morgan fingerprint density at radius 2 is 1.64 bits per heavy atom. The first-order valence-electron chi connectivity index (χ1n) is 8.08. The molecule has 0 saturated heterocycles. The third-order valence-corrected chi connectivity index (χ3v) is 4.30. The third kappa shape index (κ3) is 7.76. The molecule has 0 fully saturated rings. The molecular formula is C19H22N2O3S. The third-order valence-electron chi connectivity index (χ3n) is 3.29. The van der Waals surface area contributed by atoms with Crippen molar-refractivity contribution in [2.45, 2.75) is 24.7 Å². The van der Waals surface area contributed by atoms with Crippen LogP contribution in [0.5, 0.6) is 5.75 Å². The van der Waals surface area contributed by atoms with E-state index in [1.54, 1.807) is 0 Å². The van der Waals surface area contributed by atoms with Crippen LogP contribution in [-0.4, -0.2) is 24.2 Å². The number of nitrogens with one attached hydrogen (secondary N) is 2. The van der Waals surface area contributed by atoms with Gasteiger partial charge in [-0.1, -0.05) is 35.9 Å². The highest BCUT2D eigenvalue weighted by molar-refractivity contribution is 8.00. The Morgan fingerprint density at radius 3 is 2.36 bits per heavy atom. The quantitative estimate of drug-likeness (QED) is 0.432. The highest BCUT2D eigenvalue weighted by atomic mass is 32.2. The predicted octanol–water partition coefficient (Wildman–Crippen LogP) is 3.09. The van der Waals surface area contributed by atoms with Crippen LogP contribution >= 0.6 is 11.8 Å². The fourth-order valence-corrected chi connectivity index (χ4v) is 2.66. The van der Waals surface area contributed by atoms with Crippen LogP contribution in [0, 0.1) is 6.92 Å². The molecule has 0 spiro atoms. The zero-order valence-electron chi connectivity index (χ0n) is 14.2. The van der Waals surface area contributed by atoms with Crippen molar-refractivity contribution in [2.75, 3.05) is 12.4 Å². The Bertz CT molecular complexity index is 675. The van der Waals surface area contributed by atoms with Crippen molar-refractivity contribution in [3.63, 3.8) is 0 Å². The van der Waals surface area contributed by atoms with Gasteiger partial charge < -0.3 is 4.74 Å². The molecule has 0 aliphatic carbocycles. The number of thioether (sulfide) groups is 1. The number of aryl methyl sites for hydroxylation is 1. The maximum atomic E-state index is 11.7. The highest BCUT2D eigenvalue weighted by Crippen LogP contribution is 2.17. The Morgan fingerprint density at radius 1 is 0.960 bits per heavy atom. The van der Waals surface area contributed by atoms with E-state index in [1.165, 1.54) is 17.3 Å². The molecule has 2 N–H and O–H groups in total. The van der Waals surface area contributed by atoms with Gasteiger partial charge in [-0.2, -0.15) is 0 Å². The minimum absolute atomic E-state index is 0.231. The topological polar surface area (TPSA) is 67.4 Å². The lowest BCUT2D eigenvalue weighted by Crippen LogP contribution is -2.42. The van der Waals surface area contributed by atoms with E-state index in [2.05, 4.69) is 10.9 Å². The normalized spacial score (nSPS) is 10.1. The van der Waals surface area contributed by atoms with Crippen LogP contribution in [0.4, 0.5) is 0 Å². The molecule has 2 aromatic rings. The van der Waals surface area contributed by atoms with Crippen LogP contribution in [0.15, 0.2) is 59.5 Å². The van der Waals surface area contributed by atoms with Crippen LogP contribution in [0.1, 0.15) is 18.4 Å². The second kappa shape index (κ2) is 10.4. The Balaban J connectivity index is 1.54. The lowest BCUT2D eigenvalue weighted by atomic mass is 10.2. The molecule has 0 unspecified atom stereocenters. The summed E-state index contributed by atoms with van der Waals surface area (Å²) in [4.78, 5) is 24.4. The van der Waals surface area contributed by atoms with Gasteiger partial charge in [-0.3, -0.25) is 20.4 Å². The number of hydrogen-bond acceptors (Lipinski definition) is 4. The average molecular weight is 358 g/mol. The maximum absolute atomic E-state index is 11.7. The van der Waals surface area contributed by atoms with Gasteiger partial charge >= 0.3 is 0 Å². The average Bonchev–Trinajstić information content (AvgIpc) is 2.64. The number of carbonyl (C=O) groups is 2. The van der Waals surface area contributed by atoms with Gasteiger partial charge in [-0.05, 0) is 37.6 Å². The van der Waals surface area contributed by atoms with Crippen LogP contribution in [0.25, 0.3) is 0 Å². The molecule has 0 heterocycles. The van der Waals surface area contributed by atoms with Crippen molar-refractivity contribution in [2.24, 2.45) is 0 Å². The Hall–Kier alpha value is -2.47. The fourth-order valence-electron chi connectivity index (χ4n) is 1.96. The van der Waals surface area contributed by atoms with Gasteiger partial charge in [0.05, 0.1) is 12.4 Å². The van der Waals surface area contributed by atoms with E-state index in [4.69, 9.17) is 4.74 Å². The number of rotatable bonds is 8. The number of hydrogen-bond donors (Lipinski definition) is 2. The molecule has 6 heteroatoms. The van der Waals surface area contributed by atoms with Gasteiger partial charge in [0.15, 0.2) is 0 Å². The van der Waals surface area contributed by atoms with E-state index in [0.29, 0.717) is 13.0 Å². The summed E-state index contributed by atoms with van der Waals surface area (Å²) in [5.41, 5.74) is 6.02. The van der Waals surface area contributed by atoms with Crippen molar-refractivity contribution in [1.29, 1.82) is 0 Å². The van der Waals surface area contributed by atoms with E-state index in [1.807, 2.05) is 61.5 Å². The van der Waals surface area contributed by atoms with Gasteiger partial charge in [0.25, 0.3) is 0 Å². The molecule has 0 aromatic heterocycles. The first kappa shape index (κ1) is 18.9. The first-order chi connectivity index (χ1) is 12.1. The predicted molar refractivity (Wildman–Crippen MR) is 99.4 cm³/mol. The summed E-state index contributed by atoms with van der Waals surface area (Å²) in [6.45, 7) is 2.47. The number of hydrazine groups is 1. The standard InChI is InChI=1S/C19H22N2O3S/c1-15-9-11-17(12-10-15)25-14-19(23)21-20-18(22)8-5-13-24-16-6-3-2-4-7-16/h2-4,6-7,9-12H,5,8,13-14H2,1H3,(H,20,22)(H,21,23). The molecule has 2 aromatic carbocycles. The molecule has 0 aliphatic rings. The largest absolute Gasteiger partial charge is 0.494 e. The fraction of sp³-hybridized carbons (Fsp3) is 0.263. The highest BCUT2D eigenvalue weighted by Gasteiger charge is 2.06. The summed E-state index contributed by atoms with van der Waals surface area (Å²) >= 11 is 1.42. The maximum Gasteiger partial charge on any atom is 0.248 e. The number of amides is 2. The number of para-hydroxylation sites is 1. The van der Waals surface area contributed by atoms with Gasteiger partial charge in [-0.15, -0.1) is 11.8 Å². The monoisotopic (exact) mass is 358 g/mol. The van der Waals surface area contributed by atoms with Crippen LogP contribution in [0.2, 0.25) is 0 Å². The van der Waals surface area contributed by atoms with E-state index in [-0.39, 0.29) is 24.0 Å². The smallest absolute Gasteiger partial charge is 0.248 e. The molecule has 2 amide bonds. The second-order valence-corrected chi connectivity index (χ2v) is 6.51. The van der Waals surface area contributed by atoms with Gasteiger partial charge in [0.2, 0.25) is 11.8 Å². The summed E-state index contributed by atoms with van der Waals surface area (Å²) in [6.07, 6.45) is 0.868. The van der Waals surface area contributed by atoms with Crippen LogP contribution in [0.3, 0.4) is 0 Å². The zero-order valence-corrected chi connectivity index (χ0v) is 15.0. The van der Waals surface area contributed by atoms with Crippen molar-refractivity contribution < 1.29 is 14.3 Å². The van der Waals surface area contributed by atoms with E-state index >= 15 is 0 Å². The Labute approximate surface area is 152 Å². The minimum Gasteiger partial charge on any atom is -0.494 e. The van der Waals surface area contributed by atoms with E-state index in [9.17, 15) is 9.59 Å². The zero-order chi connectivity index (χ0) is 17.9. The molecule has 2 rings (SSSR count). The van der Waals surface area contributed by atoms with Crippen LogP contribution < -0.4 is 15.6 Å². The van der Waals surface area contributed by atoms with Crippen LogP contribution in [-0.2, 0) is 9.59 Å². The molecular weight excluding hydrogens is 336 g/mol. The summed E-state index contributed by atoms with van der Waals surface area (Å²) < 4.78 is 5.51. The minimum atomic E-state index is -0.237. The molecule has 0 atom stereocenters. The van der Waals surface area contributed by atoms with Crippen molar-refractivity contribution in [3.05, 3.63) is 60.2 Å². The first-order valence-corrected chi connectivity index (χ1v) is 9.07. The Kier molecular flexibility index (Phi) is 7.85. The van der Waals surface area contributed by atoms with Gasteiger partial charge in [0, 0.05) is 11.3 Å². The van der Waals surface area contributed by atoms with E-state index < -0.39 is 0 Å². The van der Waals surface area contributed by atoms with Gasteiger partial charge in [0.1, 0.15) is 5.75 Å². The van der Waals surface area contributed by atoms with Gasteiger partial charge in [-0.25, -0.2) is 0 Å². The van der Waals surface area contributed by atoms with Crippen molar-refractivity contribution in [3.8, 4) is 5.75 Å². The number of benzene rings is 2. The van der Waals surface area contributed by atoms with Crippen molar-refractivity contribution >= 4 is 23.6 Å². The number of carbonyl (C=O) groups excluding carboxylic acids is 2. The van der Waals surface area contributed by atoms with E-state index in [0.717, 1.165) is 10.6 Å². The SMILES string of the molecule is Cc1ccc(SCC(=O)NNC(=O)CCCOc2ccccc2)cc1. The molecule has 132 valence electrons. The summed E-state index contributed by atoms with van der Waals surface area (Å²) in [7, 11) is 0. The van der Waals surface area contributed by atoms with Crippen molar-refractivity contribution in [1.82, 2.24) is 10.9 Å². The molecule has 25 heavy (non-hydrogen) atoms. The molecule has 0 bridgehead atoms. The lowest BCUT2D eigenvalue weighted by molar-refractivity contribution is -0.127. The molecule has 0 saturated carbocycles. The molecule has 0 aliphatic heterocycles. The second-order valence-electron chi connectivity index (χ2n) is 5.46. The summed E-state index contributed by atoms with van der Waals surface area (Å²) in [5, 5.41) is 0. The number of ether oxygens (including phenoxy) is 1. The molecule has 5 nitrogen and oxygen atoms in total.